The summed E-state index contributed by atoms with van der Waals surface area (Å²) in [5.74, 6) is -0.280. The number of hydrogen-bond donors (Lipinski definition) is 0. The van der Waals surface area contributed by atoms with Gasteiger partial charge in [-0.3, -0.25) is 4.79 Å². The molecule has 0 aromatic carbocycles. The van der Waals surface area contributed by atoms with E-state index < -0.39 is 0 Å². The topological polar surface area (TPSA) is 43.4 Å². The summed E-state index contributed by atoms with van der Waals surface area (Å²) in [6.45, 7) is 2.28. The number of unbranched alkanes of at least 4 members (excludes halogenated alkanes) is 15. The van der Waals surface area contributed by atoms with Crippen molar-refractivity contribution in [3.05, 3.63) is 36.5 Å². The Hall–Kier alpha value is -1.64. The summed E-state index contributed by atoms with van der Waals surface area (Å²) >= 11 is 0. The molecule has 0 saturated heterocycles. The zero-order valence-corrected chi connectivity index (χ0v) is 20.0. The first-order chi connectivity index (χ1) is 15.2. The van der Waals surface area contributed by atoms with Crippen LogP contribution in [0.15, 0.2) is 36.5 Å². The van der Waals surface area contributed by atoms with Crippen molar-refractivity contribution in [2.24, 2.45) is 0 Å². The summed E-state index contributed by atoms with van der Waals surface area (Å²) in [6, 6.07) is 0. The van der Waals surface area contributed by atoms with Crippen LogP contribution in [-0.4, -0.2) is 17.9 Å². The second-order valence-corrected chi connectivity index (χ2v) is 8.88. The largest absolute Gasteiger partial charge is 0.459 e. The SMILES string of the molecule is CCCCCCCCCCCCCCCCC/C=C/C(=O)/C=C/C[C@@H]1CC=CC(=O)O1. The number of ether oxygens (including phenoxy) is 1. The summed E-state index contributed by atoms with van der Waals surface area (Å²) in [4.78, 5) is 23.0. The number of rotatable bonds is 20. The molecule has 1 aliphatic rings. The molecule has 0 aromatic heterocycles. The van der Waals surface area contributed by atoms with Crippen LogP contribution in [0.1, 0.15) is 122 Å². The van der Waals surface area contributed by atoms with Crippen LogP contribution in [0.4, 0.5) is 0 Å². The zero-order chi connectivity index (χ0) is 22.4. The Morgan fingerprint density at radius 2 is 1.35 bits per heavy atom. The van der Waals surface area contributed by atoms with Crippen LogP contribution in [0, 0.1) is 0 Å². The monoisotopic (exact) mass is 430 g/mol. The summed E-state index contributed by atoms with van der Waals surface area (Å²) in [7, 11) is 0. The molecule has 0 bridgehead atoms. The maximum atomic E-state index is 11.8. The van der Waals surface area contributed by atoms with Crippen molar-refractivity contribution < 1.29 is 14.3 Å². The van der Waals surface area contributed by atoms with E-state index in [4.69, 9.17) is 4.74 Å². The van der Waals surface area contributed by atoms with Crippen LogP contribution in [0.5, 0.6) is 0 Å². The number of ketones is 1. The lowest BCUT2D eigenvalue weighted by atomic mass is 10.0. The molecular weight excluding hydrogens is 384 g/mol. The molecule has 0 unspecified atom stereocenters. The predicted molar refractivity (Wildman–Crippen MR) is 131 cm³/mol. The first-order valence-corrected chi connectivity index (χ1v) is 13.0. The Bertz CT molecular complexity index is 544. The van der Waals surface area contributed by atoms with E-state index in [1.54, 1.807) is 18.2 Å². The number of carbonyl (C=O) groups excluding carboxylic acids is 2. The molecule has 3 heteroatoms. The molecule has 1 heterocycles. The lowest BCUT2D eigenvalue weighted by Gasteiger charge is -2.16. The van der Waals surface area contributed by atoms with E-state index in [-0.39, 0.29) is 17.9 Å². The number of allylic oxidation sites excluding steroid dienone is 3. The van der Waals surface area contributed by atoms with Gasteiger partial charge in [-0.2, -0.15) is 0 Å². The van der Waals surface area contributed by atoms with Crippen LogP contribution in [0.2, 0.25) is 0 Å². The smallest absolute Gasteiger partial charge is 0.330 e. The maximum Gasteiger partial charge on any atom is 0.330 e. The molecule has 0 aliphatic carbocycles. The van der Waals surface area contributed by atoms with Crippen molar-refractivity contribution in [2.75, 3.05) is 0 Å². The quantitative estimate of drug-likeness (QED) is 0.111. The minimum Gasteiger partial charge on any atom is -0.459 e. The van der Waals surface area contributed by atoms with Gasteiger partial charge in [0.1, 0.15) is 6.10 Å². The van der Waals surface area contributed by atoms with Gasteiger partial charge in [-0.25, -0.2) is 4.79 Å². The molecule has 0 amide bonds. The normalized spacial score (nSPS) is 16.4. The average Bonchev–Trinajstić information content (AvgIpc) is 2.76. The van der Waals surface area contributed by atoms with Gasteiger partial charge >= 0.3 is 5.97 Å². The van der Waals surface area contributed by atoms with Crippen molar-refractivity contribution in [3.8, 4) is 0 Å². The standard InChI is InChI=1S/C28H46O3/c1-2-3-4-5-6-7-8-9-10-11-12-13-14-15-16-17-18-21-26(29)22-19-23-27-24-20-25-28(30)31-27/h18-22,25,27H,2-17,23-24H2,1H3/b21-18+,22-19+/t27-/m1/s1. The van der Waals surface area contributed by atoms with Crippen molar-refractivity contribution in [1.29, 1.82) is 0 Å². The van der Waals surface area contributed by atoms with Gasteiger partial charge in [0.05, 0.1) is 0 Å². The molecule has 0 fully saturated rings. The van der Waals surface area contributed by atoms with Gasteiger partial charge in [-0.1, -0.05) is 115 Å². The van der Waals surface area contributed by atoms with Crippen LogP contribution in [0.3, 0.4) is 0 Å². The molecule has 1 aliphatic heterocycles. The Morgan fingerprint density at radius 1 is 0.839 bits per heavy atom. The maximum absolute atomic E-state index is 11.8. The number of esters is 1. The lowest BCUT2D eigenvalue weighted by Crippen LogP contribution is -2.18. The fourth-order valence-corrected chi connectivity index (χ4v) is 3.94. The minimum atomic E-state index is -0.292. The predicted octanol–water partition coefficient (Wildman–Crippen LogP) is 8.19. The fraction of sp³-hybridized carbons (Fsp3) is 0.714. The van der Waals surface area contributed by atoms with Crippen molar-refractivity contribution in [2.45, 2.75) is 129 Å². The Balaban J connectivity index is 1.83. The average molecular weight is 431 g/mol. The van der Waals surface area contributed by atoms with Gasteiger partial charge in [0.15, 0.2) is 5.78 Å². The summed E-state index contributed by atoms with van der Waals surface area (Å²) < 4.78 is 5.16. The molecule has 0 radical (unpaired) electrons. The van der Waals surface area contributed by atoms with E-state index >= 15 is 0 Å². The van der Waals surface area contributed by atoms with E-state index in [0.717, 1.165) is 19.3 Å². The summed E-state index contributed by atoms with van der Waals surface area (Å²) in [6.07, 6.45) is 33.1. The first-order valence-electron chi connectivity index (χ1n) is 13.0. The highest BCUT2D eigenvalue weighted by molar-refractivity contribution is 5.99. The molecule has 3 nitrogen and oxygen atoms in total. The van der Waals surface area contributed by atoms with E-state index in [0.29, 0.717) is 6.42 Å². The number of carbonyl (C=O) groups is 2. The van der Waals surface area contributed by atoms with E-state index in [1.165, 1.54) is 96.0 Å². The summed E-state index contributed by atoms with van der Waals surface area (Å²) in [5.41, 5.74) is 0. The molecule has 31 heavy (non-hydrogen) atoms. The van der Waals surface area contributed by atoms with E-state index in [2.05, 4.69) is 6.92 Å². The van der Waals surface area contributed by atoms with Gasteiger partial charge in [-0.05, 0) is 25.0 Å². The van der Waals surface area contributed by atoms with Crippen LogP contribution in [-0.2, 0) is 14.3 Å². The molecule has 0 N–H and O–H groups in total. The molecule has 176 valence electrons. The highest BCUT2D eigenvalue weighted by Gasteiger charge is 2.13. The molecule has 1 rings (SSSR count). The molecule has 0 saturated carbocycles. The number of cyclic esters (lactones) is 1. The minimum absolute atomic E-state index is 0.0126. The second-order valence-electron chi connectivity index (χ2n) is 8.88. The third-order valence-electron chi connectivity index (χ3n) is 5.87. The summed E-state index contributed by atoms with van der Waals surface area (Å²) in [5, 5.41) is 0. The first kappa shape index (κ1) is 27.4. The van der Waals surface area contributed by atoms with Gasteiger partial charge in [0, 0.05) is 18.9 Å². The van der Waals surface area contributed by atoms with Gasteiger partial charge < -0.3 is 4.74 Å². The second kappa shape index (κ2) is 20.3. The Kier molecular flexibility index (Phi) is 17.9. The highest BCUT2D eigenvalue weighted by Crippen LogP contribution is 2.14. The van der Waals surface area contributed by atoms with E-state index in [1.807, 2.05) is 12.2 Å². The fourth-order valence-electron chi connectivity index (χ4n) is 3.94. The van der Waals surface area contributed by atoms with Crippen LogP contribution < -0.4 is 0 Å². The van der Waals surface area contributed by atoms with Crippen LogP contribution >= 0.6 is 0 Å². The third kappa shape index (κ3) is 17.7. The van der Waals surface area contributed by atoms with Gasteiger partial charge in [0.2, 0.25) is 0 Å². The van der Waals surface area contributed by atoms with E-state index in [9.17, 15) is 9.59 Å². The Labute approximate surface area is 191 Å². The van der Waals surface area contributed by atoms with Gasteiger partial charge in [-0.15, -0.1) is 0 Å². The van der Waals surface area contributed by atoms with Gasteiger partial charge in [0.25, 0.3) is 0 Å². The zero-order valence-electron chi connectivity index (χ0n) is 20.0. The van der Waals surface area contributed by atoms with Crippen molar-refractivity contribution >= 4 is 11.8 Å². The molecule has 0 spiro atoms. The van der Waals surface area contributed by atoms with Crippen molar-refractivity contribution in [3.63, 3.8) is 0 Å². The lowest BCUT2D eigenvalue weighted by molar-refractivity contribution is -0.143. The van der Waals surface area contributed by atoms with Crippen LogP contribution in [0.25, 0.3) is 0 Å². The van der Waals surface area contributed by atoms with Crippen molar-refractivity contribution in [1.82, 2.24) is 0 Å². The molecular formula is C28H46O3. The molecule has 1 atom stereocenters. The molecule has 0 aromatic rings. The third-order valence-corrected chi connectivity index (χ3v) is 5.87. The highest BCUT2D eigenvalue weighted by atomic mass is 16.5. The number of hydrogen-bond acceptors (Lipinski definition) is 3. The Morgan fingerprint density at radius 3 is 1.90 bits per heavy atom.